The topological polar surface area (TPSA) is 25.4 Å². The van der Waals surface area contributed by atoms with Gasteiger partial charge in [-0.25, -0.2) is 18.2 Å². The average molecular weight is 342 g/mol. The molecule has 0 spiro atoms. The van der Waals surface area contributed by atoms with E-state index in [1.54, 1.807) is 6.92 Å². The molecule has 2 heterocycles. The van der Waals surface area contributed by atoms with Gasteiger partial charge in [0, 0.05) is 18.7 Å². The van der Waals surface area contributed by atoms with Crippen LogP contribution in [0.5, 0.6) is 5.88 Å². The van der Waals surface area contributed by atoms with E-state index in [9.17, 15) is 26.3 Å². The van der Waals surface area contributed by atoms with Crippen molar-refractivity contribution in [1.29, 1.82) is 0 Å². The summed E-state index contributed by atoms with van der Waals surface area (Å²) >= 11 is 0. The first-order valence-corrected chi connectivity index (χ1v) is 6.93. The first-order chi connectivity index (χ1) is 10.5. The van der Waals surface area contributed by atoms with E-state index in [2.05, 4.69) is 4.98 Å². The lowest BCUT2D eigenvalue weighted by Crippen LogP contribution is -2.53. The first kappa shape index (κ1) is 17.8. The van der Waals surface area contributed by atoms with Crippen LogP contribution in [0.3, 0.4) is 0 Å². The highest BCUT2D eigenvalue weighted by atomic mass is 19.4. The van der Waals surface area contributed by atoms with Crippen molar-refractivity contribution in [2.45, 2.75) is 31.5 Å². The summed E-state index contributed by atoms with van der Waals surface area (Å²) in [7, 11) is 1.49. The maximum absolute atomic E-state index is 13.6. The summed E-state index contributed by atoms with van der Waals surface area (Å²) in [5.41, 5.74) is -1.22. The number of hydrogen-bond acceptors (Lipinski definition) is 3. The van der Waals surface area contributed by atoms with Crippen LogP contribution in [0, 0.1) is 11.7 Å². The second-order valence-electron chi connectivity index (χ2n) is 5.84. The molecular weight excluding hydrogens is 326 g/mol. The zero-order valence-electron chi connectivity index (χ0n) is 12.5. The molecule has 0 aromatic carbocycles. The van der Waals surface area contributed by atoms with E-state index in [-0.39, 0.29) is 13.0 Å². The molecule has 1 aliphatic heterocycles. The number of likely N-dealkylation sites (tertiary alicyclic amines) is 1. The predicted molar refractivity (Wildman–Crippen MR) is 69.8 cm³/mol. The molecule has 2 rings (SSSR count). The number of pyridine rings is 1. The quantitative estimate of drug-likeness (QED) is 0.785. The highest BCUT2D eigenvalue weighted by Crippen LogP contribution is 2.34. The Balaban J connectivity index is 2.04. The third kappa shape index (κ3) is 4.27. The van der Waals surface area contributed by atoms with Crippen molar-refractivity contribution in [3.8, 4) is 5.88 Å². The number of nitrogens with zero attached hydrogens (tertiary/aromatic N) is 2. The third-order valence-electron chi connectivity index (χ3n) is 3.85. The van der Waals surface area contributed by atoms with Crippen LogP contribution in [-0.2, 0) is 6.18 Å². The van der Waals surface area contributed by atoms with Gasteiger partial charge in [-0.15, -0.1) is 0 Å². The SMILES string of the molecule is C[C@@H]1CC(F)(F)CN(C)[C@@H]1COc1ncc(C(F)(F)F)cc1F. The molecule has 0 saturated carbocycles. The number of ether oxygens (including phenoxy) is 1. The van der Waals surface area contributed by atoms with E-state index < -0.39 is 47.9 Å². The van der Waals surface area contributed by atoms with Crippen molar-refractivity contribution in [2.75, 3.05) is 20.2 Å². The highest BCUT2D eigenvalue weighted by Gasteiger charge is 2.43. The zero-order chi connectivity index (χ0) is 17.4. The van der Waals surface area contributed by atoms with Crippen LogP contribution in [0.15, 0.2) is 12.3 Å². The minimum Gasteiger partial charge on any atom is -0.474 e. The van der Waals surface area contributed by atoms with Crippen LogP contribution >= 0.6 is 0 Å². The van der Waals surface area contributed by atoms with E-state index >= 15 is 0 Å². The van der Waals surface area contributed by atoms with Crippen LogP contribution in [-0.4, -0.2) is 42.0 Å². The van der Waals surface area contributed by atoms with Gasteiger partial charge in [-0.2, -0.15) is 13.2 Å². The van der Waals surface area contributed by atoms with Gasteiger partial charge in [0.1, 0.15) is 6.61 Å². The molecule has 0 unspecified atom stereocenters. The monoisotopic (exact) mass is 342 g/mol. The average Bonchev–Trinajstić information content (AvgIpc) is 2.36. The standard InChI is InChI=1S/C14H16F6N2O/c1-8-4-13(16,17)7-22(2)11(8)6-23-12-10(15)3-9(5-21-12)14(18,19)20/h3,5,8,11H,4,6-7H2,1-2H3/t8-,11-/m1/s1. The molecule has 0 bridgehead atoms. The Labute approximate surface area is 129 Å². The molecule has 9 heteroatoms. The molecule has 1 fully saturated rings. The molecule has 1 aromatic rings. The summed E-state index contributed by atoms with van der Waals surface area (Å²) < 4.78 is 82.8. The molecular formula is C14H16F6N2O. The Hall–Kier alpha value is -1.51. The van der Waals surface area contributed by atoms with E-state index in [1.807, 2.05) is 0 Å². The number of likely N-dealkylation sites (N-methyl/N-ethyl adjacent to an activating group) is 1. The van der Waals surface area contributed by atoms with E-state index in [4.69, 9.17) is 4.74 Å². The van der Waals surface area contributed by atoms with Crippen molar-refractivity contribution >= 4 is 0 Å². The van der Waals surface area contributed by atoms with Gasteiger partial charge < -0.3 is 4.74 Å². The Bertz CT molecular complexity index is 549. The molecule has 0 aliphatic carbocycles. The smallest absolute Gasteiger partial charge is 0.417 e. The molecule has 1 aromatic heterocycles. The number of aromatic nitrogens is 1. The maximum atomic E-state index is 13.6. The number of rotatable bonds is 3. The highest BCUT2D eigenvalue weighted by molar-refractivity contribution is 5.22. The largest absolute Gasteiger partial charge is 0.474 e. The van der Waals surface area contributed by atoms with Gasteiger partial charge in [0.05, 0.1) is 12.1 Å². The molecule has 0 amide bonds. The number of alkyl halides is 5. The Morgan fingerprint density at radius 3 is 2.57 bits per heavy atom. The van der Waals surface area contributed by atoms with Gasteiger partial charge in [-0.05, 0) is 19.0 Å². The number of piperidine rings is 1. The minimum absolute atomic E-state index is 0.136. The van der Waals surface area contributed by atoms with Crippen molar-refractivity contribution in [2.24, 2.45) is 5.92 Å². The minimum atomic E-state index is -4.70. The van der Waals surface area contributed by atoms with Gasteiger partial charge >= 0.3 is 6.18 Å². The summed E-state index contributed by atoms with van der Waals surface area (Å²) in [6, 6.07) is -0.108. The van der Waals surface area contributed by atoms with Crippen LogP contribution < -0.4 is 4.74 Å². The summed E-state index contributed by atoms with van der Waals surface area (Å²) in [6.07, 6.45) is -4.55. The summed E-state index contributed by atoms with van der Waals surface area (Å²) in [5.74, 6) is -5.03. The molecule has 1 saturated heterocycles. The Kier molecular flexibility index (Phi) is 4.79. The number of halogens is 6. The van der Waals surface area contributed by atoms with Gasteiger partial charge in [-0.1, -0.05) is 6.92 Å². The summed E-state index contributed by atoms with van der Waals surface area (Å²) in [6.45, 7) is 1.03. The van der Waals surface area contributed by atoms with Gasteiger partial charge in [0.25, 0.3) is 5.92 Å². The third-order valence-corrected chi connectivity index (χ3v) is 3.85. The lowest BCUT2D eigenvalue weighted by Gasteiger charge is -2.41. The fourth-order valence-corrected chi connectivity index (χ4v) is 2.73. The predicted octanol–water partition coefficient (Wildman–Crippen LogP) is 3.59. The molecule has 130 valence electrons. The fraction of sp³-hybridized carbons (Fsp3) is 0.643. The van der Waals surface area contributed by atoms with E-state index in [1.165, 1.54) is 11.9 Å². The summed E-state index contributed by atoms with van der Waals surface area (Å²) in [4.78, 5) is 4.72. The van der Waals surface area contributed by atoms with Crippen molar-refractivity contribution < 1.29 is 31.1 Å². The molecule has 0 N–H and O–H groups in total. The zero-order valence-corrected chi connectivity index (χ0v) is 12.5. The molecule has 0 radical (unpaired) electrons. The Morgan fingerprint density at radius 1 is 1.39 bits per heavy atom. The van der Waals surface area contributed by atoms with Crippen LogP contribution in [0.4, 0.5) is 26.3 Å². The van der Waals surface area contributed by atoms with E-state index in [0.717, 1.165) is 0 Å². The Morgan fingerprint density at radius 2 is 2.04 bits per heavy atom. The lowest BCUT2D eigenvalue weighted by atomic mass is 9.89. The fourth-order valence-electron chi connectivity index (χ4n) is 2.73. The molecule has 3 nitrogen and oxygen atoms in total. The van der Waals surface area contributed by atoms with Crippen LogP contribution in [0.2, 0.25) is 0 Å². The van der Waals surface area contributed by atoms with Crippen LogP contribution in [0.1, 0.15) is 18.9 Å². The van der Waals surface area contributed by atoms with Crippen LogP contribution in [0.25, 0.3) is 0 Å². The van der Waals surface area contributed by atoms with Crippen molar-refractivity contribution in [3.05, 3.63) is 23.6 Å². The summed E-state index contributed by atoms with van der Waals surface area (Å²) in [5, 5.41) is 0. The molecule has 2 atom stereocenters. The second kappa shape index (κ2) is 6.18. The number of hydrogen-bond donors (Lipinski definition) is 0. The lowest BCUT2D eigenvalue weighted by molar-refractivity contribution is -0.138. The first-order valence-electron chi connectivity index (χ1n) is 6.93. The van der Waals surface area contributed by atoms with Crippen molar-refractivity contribution in [1.82, 2.24) is 9.88 Å². The molecule has 23 heavy (non-hydrogen) atoms. The van der Waals surface area contributed by atoms with E-state index in [0.29, 0.717) is 12.3 Å². The van der Waals surface area contributed by atoms with Crippen molar-refractivity contribution in [3.63, 3.8) is 0 Å². The van der Waals surface area contributed by atoms with Gasteiger partial charge in [0.15, 0.2) is 5.82 Å². The van der Waals surface area contributed by atoms with Gasteiger partial charge in [-0.3, -0.25) is 4.90 Å². The van der Waals surface area contributed by atoms with Gasteiger partial charge in [0.2, 0.25) is 5.88 Å². The normalized spacial score (nSPS) is 25.4. The second-order valence-corrected chi connectivity index (χ2v) is 5.84. The molecule has 1 aliphatic rings. The maximum Gasteiger partial charge on any atom is 0.417 e.